The molecule has 0 aromatic carbocycles. The highest BCUT2D eigenvalue weighted by Crippen LogP contribution is 2.15. The largest absolute Gasteiger partial charge is 0.384 e. The van der Waals surface area contributed by atoms with Crippen LogP contribution < -0.4 is 16.9 Å². The quantitative estimate of drug-likeness (QED) is 0.724. The maximum absolute atomic E-state index is 12.0. The molecule has 0 spiro atoms. The number of pyridine rings is 1. The molecular weight excluding hydrogens is 222 g/mol. The number of hydrogen-bond acceptors (Lipinski definition) is 5. The summed E-state index contributed by atoms with van der Waals surface area (Å²) in [5, 5.41) is 0.234. The summed E-state index contributed by atoms with van der Waals surface area (Å²) in [6.45, 7) is 2.30. The van der Waals surface area contributed by atoms with E-state index in [0.717, 1.165) is 0 Å². The van der Waals surface area contributed by atoms with Crippen molar-refractivity contribution in [3.63, 3.8) is 0 Å². The molecule has 0 aliphatic rings. The highest BCUT2D eigenvalue weighted by molar-refractivity contribution is 6.00. The second-order valence-electron chi connectivity index (χ2n) is 3.46. The molecule has 7 heteroatoms. The number of aryl methyl sites for hydroxylation is 1. The summed E-state index contributed by atoms with van der Waals surface area (Å²) >= 11 is 0. The van der Waals surface area contributed by atoms with Gasteiger partial charge in [0.25, 0.3) is 5.91 Å². The predicted octanol–water partition coefficient (Wildman–Crippen LogP) is -0.507. The maximum Gasteiger partial charge on any atom is 0.256 e. The van der Waals surface area contributed by atoms with E-state index < -0.39 is 11.3 Å². The standard InChI is InChI=1S/C10H11N5O2/c1-2-15-8(11)6(9(12)17)7(16)5-3-13-4-14-10(5)15/h3-4H,2,11H2,1H3,(H2,12,17). The van der Waals surface area contributed by atoms with Crippen molar-refractivity contribution in [2.75, 3.05) is 5.73 Å². The number of carbonyl (C=O) groups excluding carboxylic acids is 1. The topological polar surface area (TPSA) is 117 Å². The van der Waals surface area contributed by atoms with Crippen LogP contribution in [0.3, 0.4) is 0 Å². The zero-order valence-electron chi connectivity index (χ0n) is 9.17. The van der Waals surface area contributed by atoms with Crippen molar-refractivity contribution in [1.82, 2.24) is 14.5 Å². The third kappa shape index (κ3) is 1.52. The molecule has 2 heterocycles. The Hall–Kier alpha value is -2.44. The normalized spacial score (nSPS) is 10.6. The minimum absolute atomic E-state index is 0.0381. The second kappa shape index (κ2) is 3.85. The van der Waals surface area contributed by atoms with Gasteiger partial charge in [-0.2, -0.15) is 0 Å². The van der Waals surface area contributed by atoms with Crippen molar-refractivity contribution in [2.45, 2.75) is 13.5 Å². The molecule has 4 N–H and O–H groups in total. The van der Waals surface area contributed by atoms with E-state index in [-0.39, 0.29) is 16.8 Å². The van der Waals surface area contributed by atoms with Crippen LogP contribution in [0, 0.1) is 0 Å². The minimum atomic E-state index is -0.847. The number of nitrogens with zero attached hydrogens (tertiary/aromatic N) is 3. The lowest BCUT2D eigenvalue weighted by atomic mass is 10.2. The molecule has 1 amide bonds. The summed E-state index contributed by atoms with van der Waals surface area (Å²) in [6, 6.07) is 0. The molecule has 0 saturated heterocycles. The van der Waals surface area contributed by atoms with Crippen LogP contribution in [0.5, 0.6) is 0 Å². The van der Waals surface area contributed by atoms with E-state index in [1.807, 2.05) is 6.92 Å². The first kappa shape index (κ1) is 11.1. The maximum atomic E-state index is 12.0. The van der Waals surface area contributed by atoms with Crippen molar-refractivity contribution >= 4 is 22.8 Å². The van der Waals surface area contributed by atoms with Crippen LogP contribution >= 0.6 is 0 Å². The minimum Gasteiger partial charge on any atom is -0.384 e. The Morgan fingerprint density at radius 3 is 2.82 bits per heavy atom. The smallest absolute Gasteiger partial charge is 0.256 e. The van der Waals surface area contributed by atoms with Crippen molar-refractivity contribution in [1.29, 1.82) is 0 Å². The van der Waals surface area contributed by atoms with E-state index in [4.69, 9.17) is 11.5 Å². The Balaban J connectivity index is 3.05. The monoisotopic (exact) mass is 233 g/mol. The Morgan fingerprint density at radius 1 is 1.53 bits per heavy atom. The Labute approximate surface area is 96.1 Å². The van der Waals surface area contributed by atoms with Gasteiger partial charge < -0.3 is 16.0 Å². The van der Waals surface area contributed by atoms with Gasteiger partial charge in [-0.05, 0) is 6.92 Å². The highest BCUT2D eigenvalue weighted by atomic mass is 16.2. The molecule has 0 saturated carbocycles. The van der Waals surface area contributed by atoms with E-state index in [1.165, 1.54) is 12.5 Å². The van der Waals surface area contributed by atoms with Gasteiger partial charge in [0, 0.05) is 12.7 Å². The molecule has 0 bridgehead atoms. The molecular formula is C10H11N5O2. The van der Waals surface area contributed by atoms with Crippen molar-refractivity contribution in [3.8, 4) is 0 Å². The van der Waals surface area contributed by atoms with E-state index in [2.05, 4.69) is 9.97 Å². The van der Waals surface area contributed by atoms with Gasteiger partial charge in [0.2, 0.25) is 5.43 Å². The van der Waals surface area contributed by atoms with Crippen LogP contribution in [0.15, 0.2) is 17.3 Å². The van der Waals surface area contributed by atoms with Gasteiger partial charge in [0.15, 0.2) is 0 Å². The molecule has 2 aromatic rings. The number of amides is 1. The fourth-order valence-corrected chi connectivity index (χ4v) is 1.76. The van der Waals surface area contributed by atoms with Gasteiger partial charge in [0.1, 0.15) is 23.4 Å². The molecule has 2 rings (SSSR count). The molecule has 0 aliphatic heterocycles. The third-order valence-corrected chi connectivity index (χ3v) is 2.53. The number of carbonyl (C=O) groups is 1. The Kier molecular flexibility index (Phi) is 2.51. The first-order valence-corrected chi connectivity index (χ1v) is 4.99. The highest BCUT2D eigenvalue weighted by Gasteiger charge is 2.18. The van der Waals surface area contributed by atoms with Crippen molar-refractivity contribution in [3.05, 3.63) is 28.3 Å². The van der Waals surface area contributed by atoms with Gasteiger partial charge in [-0.3, -0.25) is 9.59 Å². The number of rotatable bonds is 2. The summed E-state index contributed by atoms with van der Waals surface area (Å²) in [7, 11) is 0. The molecule has 7 nitrogen and oxygen atoms in total. The molecule has 17 heavy (non-hydrogen) atoms. The lowest BCUT2D eigenvalue weighted by Gasteiger charge is -2.13. The fraction of sp³-hybridized carbons (Fsp3) is 0.200. The first-order valence-electron chi connectivity index (χ1n) is 4.99. The van der Waals surface area contributed by atoms with Gasteiger partial charge in [0.05, 0.1) is 5.39 Å². The zero-order valence-corrected chi connectivity index (χ0v) is 9.17. The predicted molar refractivity (Wildman–Crippen MR) is 62.4 cm³/mol. The number of nitrogens with two attached hydrogens (primary N) is 2. The van der Waals surface area contributed by atoms with E-state index in [9.17, 15) is 9.59 Å². The van der Waals surface area contributed by atoms with Crippen LogP contribution in [0.25, 0.3) is 11.0 Å². The summed E-state index contributed by atoms with van der Waals surface area (Å²) in [5.41, 5.74) is 10.6. The molecule has 2 aromatic heterocycles. The molecule has 0 fully saturated rings. The average Bonchev–Trinajstić information content (AvgIpc) is 2.29. The lowest BCUT2D eigenvalue weighted by Crippen LogP contribution is -2.27. The van der Waals surface area contributed by atoms with Gasteiger partial charge >= 0.3 is 0 Å². The summed E-state index contributed by atoms with van der Waals surface area (Å²) in [4.78, 5) is 31.0. The summed E-state index contributed by atoms with van der Waals surface area (Å²) in [5.74, 6) is -0.809. The summed E-state index contributed by atoms with van der Waals surface area (Å²) < 4.78 is 1.55. The van der Waals surface area contributed by atoms with Gasteiger partial charge in [-0.1, -0.05) is 0 Å². The molecule has 0 atom stereocenters. The third-order valence-electron chi connectivity index (χ3n) is 2.53. The van der Waals surface area contributed by atoms with Crippen molar-refractivity contribution in [2.24, 2.45) is 5.73 Å². The molecule has 88 valence electrons. The SMILES string of the molecule is CCn1c(N)c(C(N)=O)c(=O)c2cncnc21. The average molecular weight is 233 g/mol. The lowest BCUT2D eigenvalue weighted by molar-refractivity contribution is 0.1000. The first-order chi connectivity index (χ1) is 8.07. The van der Waals surface area contributed by atoms with Crippen LogP contribution in [-0.4, -0.2) is 20.4 Å². The molecule has 0 radical (unpaired) electrons. The number of nitrogen functional groups attached to an aromatic ring is 1. The summed E-state index contributed by atoms with van der Waals surface area (Å²) in [6.07, 6.45) is 2.67. The second-order valence-corrected chi connectivity index (χ2v) is 3.46. The zero-order chi connectivity index (χ0) is 12.6. The van der Waals surface area contributed by atoms with Crippen LogP contribution in [0.4, 0.5) is 5.82 Å². The van der Waals surface area contributed by atoms with Crippen LogP contribution in [0.1, 0.15) is 17.3 Å². The Bertz CT molecular complexity index is 662. The van der Waals surface area contributed by atoms with Crippen LogP contribution in [0.2, 0.25) is 0 Å². The molecule has 0 unspecified atom stereocenters. The molecule has 0 aliphatic carbocycles. The number of hydrogen-bond donors (Lipinski definition) is 2. The van der Waals surface area contributed by atoms with E-state index in [0.29, 0.717) is 12.2 Å². The van der Waals surface area contributed by atoms with Crippen LogP contribution in [-0.2, 0) is 6.54 Å². The van der Waals surface area contributed by atoms with E-state index >= 15 is 0 Å². The number of primary amides is 1. The van der Waals surface area contributed by atoms with Gasteiger partial charge in [-0.15, -0.1) is 0 Å². The number of fused-ring (bicyclic) bond motifs is 1. The van der Waals surface area contributed by atoms with E-state index in [1.54, 1.807) is 4.57 Å². The fourth-order valence-electron chi connectivity index (χ4n) is 1.76. The van der Waals surface area contributed by atoms with Crippen molar-refractivity contribution < 1.29 is 4.79 Å². The number of aromatic nitrogens is 3. The van der Waals surface area contributed by atoms with Gasteiger partial charge in [-0.25, -0.2) is 9.97 Å². The Morgan fingerprint density at radius 2 is 2.24 bits per heavy atom. The number of anilines is 1.